The molecule has 0 atom stereocenters. The molecule has 0 aliphatic heterocycles. The fraction of sp³-hybridized carbons (Fsp3) is 0.200. The van der Waals surface area contributed by atoms with Crippen molar-refractivity contribution in [2.24, 2.45) is 0 Å². The quantitative estimate of drug-likeness (QED) is 0.294. The van der Waals surface area contributed by atoms with Crippen LogP contribution >= 0.6 is 0 Å². The van der Waals surface area contributed by atoms with Crippen LogP contribution in [0.2, 0.25) is 0 Å². The summed E-state index contributed by atoms with van der Waals surface area (Å²) in [5, 5.41) is 12.6. The van der Waals surface area contributed by atoms with Gasteiger partial charge in [-0.2, -0.15) is 0 Å². The number of aliphatic hydroxyl groups is 1. The van der Waals surface area contributed by atoms with Crippen molar-refractivity contribution in [3.05, 3.63) is 91.0 Å². The average molecular weight is 447 g/mol. The first-order valence-corrected chi connectivity index (χ1v) is 11.6. The van der Waals surface area contributed by atoms with E-state index in [-0.39, 0.29) is 0 Å². The lowest BCUT2D eigenvalue weighted by molar-refractivity contribution is -0.0893. The predicted octanol–water partition coefficient (Wildman–Crippen LogP) is 6.73. The van der Waals surface area contributed by atoms with Gasteiger partial charge in [-0.3, -0.25) is 0 Å². The Labute approximate surface area is 201 Å². The Bertz CT molecular complexity index is 1460. The Hall–Kier alpha value is -3.34. The molecule has 0 aliphatic carbocycles. The minimum Gasteiger partial charge on any atom is -0.456 e. The maximum Gasteiger partial charge on any atom is 0.331 e. The summed E-state index contributed by atoms with van der Waals surface area (Å²) in [5.74, 6) is 0. The van der Waals surface area contributed by atoms with Crippen molar-refractivity contribution in [2.75, 3.05) is 0 Å². The summed E-state index contributed by atoms with van der Waals surface area (Å²) in [4.78, 5) is 0. The molecule has 1 aromatic heterocycles. The maximum atomic E-state index is 10.5. The lowest BCUT2D eigenvalue weighted by Gasteiger charge is -2.37. The molecule has 0 fully saturated rings. The van der Waals surface area contributed by atoms with Gasteiger partial charge in [-0.15, -0.1) is 0 Å². The summed E-state index contributed by atoms with van der Waals surface area (Å²) < 4.78 is 12.4. The standard InChI is InChI=1S/C30H28BO3/c1-29(2,32)30(3,4)34-31-24-17-11-19-26-28(24)27-23(16-10-18-25(27)33-26)22-15-9-8-14-21(22)20-12-6-5-7-13-20/h5-19,32H,1-4H3. The van der Waals surface area contributed by atoms with Crippen LogP contribution in [0.3, 0.4) is 0 Å². The molecule has 0 unspecified atom stereocenters. The average Bonchev–Trinajstić information content (AvgIpc) is 3.22. The summed E-state index contributed by atoms with van der Waals surface area (Å²) in [6, 6.07) is 31.1. The van der Waals surface area contributed by atoms with Gasteiger partial charge >= 0.3 is 7.48 Å². The highest BCUT2D eigenvalue weighted by atomic mass is 16.5. The van der Waals surface area contributed by atoms with Crippen LogP contribution in [0.1, 0.15) is 27.7 Å². The number of furan rings is 1. The summed E-state index contributed by atoms with van der Waals surface area (Å²) in [6.07, 6.45) is 0. The smallest absolute Gasteiger partial charge is 0.331 e. The molecular weight excluding hydrogens is 419 g/mol. The molecule has 1 N–H and O–H groups in total. The monoisotopic (exact) mass is 447 g/mol. The molecule has 4 heteroatoms. The van der Waals surface area contributed by atoms with E-state index in [0.29, 0.717) is 0 Å². The summed E-state index contributed by atoms with van der Waals surface area (Å²) in [6.45, 7) is 7.29. The van der Waals surface area contributed by atoms with E-state index >= 15 is 0 Å². The third-order valence-corrected chi connectivity index (χ3v) is 6.81. The van der Waals surface area contributed by atoms with Crippen LogP contribution in [0.25, 0.3) is 44.2 Å². The largest absolute Gasteiger partial charge is 0.456 e. The summed E-state index contributed by atoms with van der Waals surface area (Å²) >= 11 is 0. The Balaban J connectivity index is 1.70. The molecule has 1 radical (unpaired) electrons. The third-order valence-electron chi connectivity index (χ3n) is 6.81. The van der Waals surface area contributed by atoms with Gasteiger partial charge < -0.3 is 14.2 Å². The van der Waals surface area contributed by atoms with Crippen molar-refractivity contribution in [3.63, 3.8) is 0 Å². The van der Waals surface area contributed by atoms with Crippen molar-refractivity contribution in [3.8, 4) is 22.3 Å². The second-order valence-electron chi connectivity index (χ2n) is 9.72. The highest BCUT2D eigenvalue weighted by Gasteiger charge is 2.36. The lowest BCUT2D eigenvalue weighted by atomic mass is 9.80. The Morgan fingerprint density at radius 3 is 1.94 bits per heavy atom. The second-order valence-corrected chi connectivity index (χ2v) is 9.72. The van der Waals surface area contributed by atoms with Crippen LogP contribution in [0.5, 0.6) is 0 Å². The molecule has 4 aromatic carbocycles. The van der Waals surface area contributed by atoms with Gasteiger partial charge in [0.1, 0.15) is 11.2 Å². The molecule has 0 bridgehead atoms. The van der Waals surface area contributed by atoms with E-state index in [4.69, 9.17) is 9.07 Å². The fourth-order valence-electron chi connectivity index (χ4n) is 4.16. The van der Waals surface area contributed by atoms with E-state index in [2.05, 4.69) is 54.6 Å². The first-order chi connectivity index (χ1) is 16.3. The van der Waals surface area contributed by atoms with Gasteiger partial charge in [0.2, 0.25) is 0 Å². The van der Waals surface area contributed by atoms with Crippen LogP contribution in [-0.4, -0.2) is 23.8 Å². The molecule has 5 rings (SSSR count). The van der Waals surface area contributed by atoms with E-state index in [1.807, 2.05) is 50.2 Å². The number of rotatable bonds is 6. The molecule has 1 heterocycles. The Kier molecular flexibility index (Phi) is 5.59. The minimum atomic E-state index is -1.00. The van der Waals surface area contributed by atoms with Gasteiger partial charge in [0, 0.05) is 10.8 Å². The molecule has 34 heavy (non-hydrogen) atoms. The molecular formula is C30H28BO3. The molecule has 0 saturated heterocycles. The summed E-state index contributed by atoms with van der Waals surface area (Å²) in [7, 11) is 1.75. The summed E-state index contributed by atoms with van der Waals surface area (Å²) in [5.41, 5.74) is 5.38. The zero-order valence-electron chi connectivity index (χ0n) is 20.0. The van der Waals surface area contributed by atoms with Crippen LogP contribution < -0.4 is 5.46 Å². The number of hydrogen-bond donors (Lipinski definition) is 1. The predicted molar refractivity (Wildman–Crippen MR) is 141 cm³/mol. The van der Waals surface area contributed by atoms with Crippen molar-refractivity contribution in [1.82, 2.24) is 0 Å². The first-order valence-electron chi connectivity index (χ1n) is 11.6. The molecule has 3 nitrogen and oxygen atoms in total. The first kappa shape index (κ1) is 22.5. The molecule has 0 saturated carbocycles. The molecule has 0 aliphatic rings. The van der Waals surface area contributed by atoms with Gasteiger partial charge in [0.15, 0.2) is 0 Å². The van der Waals surface area contributed by atoms with E-state index in [9.17, 15) is 5.11 Å². The van der Waals surface area contributed by atoms with Gasteiger partial charge in [-0.1, -0.05) is 78.9 Å². The normalized spacial score (nSPS) is 12.4. The van der Waals surface area contributed by atoms with Gasteiger partial charge in [-0.05, 0) is 67.5 Å². The van der Waals surface area contributed by atoms with Crippen molar-refractivity contribution >= 4 is 34.9 Å². The Morgan fingerprint density at radius 1 is 0.647 bits per heavy atom. The van der Waals surface area contributed by atoms with Crippen LogP contribution in [0, 0.1) is 0 Å². The van der Waals surface area contributed by atoms with E-state index in [0.717, 1.165) is 38.5 Å². The van der Waals surface area contributed by atoms with Crippen LogP contribution in [-0.2, 0) is 4.65 Å². The van der Waals surface area contributed by atoms with Crippen molar-refractivity contribution < 1.29 is 14.2 Å². The molecule has 0 spiro atoms. The third kappa shape index (κ3) is 3.94. The van der Waals surface area contributed by atoms with Crippen molar-refractivity contribution in [2.45, 2.75) is 38.9 Å². The number of hydrogen-bond acceptors (Lipinski definition) is 3. The van der Waals surface area contributed by atoms with E-state index < -0.39 is 11.2 Å². The molecule has 169 valence electrons. The lowest BCUT2D eigenvalue weighted by Crippen LogP contribution is -2.49. The van der Waals surface area contributed by atoms with Crippen LogP contribution in [0.4, 0.5) is 0 Å². The fourth-order valence-corrected chi connectivity index (χ4v) is 4.16. The zero-order chi connectivity index (χ0) is 23.9. The van der Waals surface area contributed by atoms with Gasteiger partial charge in [0.25, 0.3) is 0 Å². The van der Waals surface area contributed by atoms with E-state index in [1.165, 1.54) is 11.1 Å². The highest BCUT2D eigenvalue weighted by molar-refractivity contribution is 6.53. The minimum absolute atomic E-state index is 0.766. The van der Waals surface area contributed by atoms with Crippen molar-refractivity contribution in [1.29, 1.82) is 0 Å². The topological polar surface area (TPSA) is 42.6 Å². The Morgan fingerprint density at radius 2 is 1.24 bits per heavy atom. The number of benzene rings is 4. The number of fused-ring (bicyclic) bond motifs is 3. The molecule has 5 aromatic rings. The maximum absolute atomic E-state index is 10.5. The van der Waals surface area contributed by atoms with E-state index in [1.54, 1.807) is 21.3 Å². The van der Waals surface area contributed by atoms with Gasteiger partial charge in [0.05, 0.1) is 11.2 Å². The van der Waals surface area contributed by atoms with Crippen LogP contribution in [0.15, 0.2) is 95.4 Å². The zero-order valence-corrected chi connectivity index (χ0v) is 20.0. The molecule has 0 amide bonds. The second kappa shape index (κ2) is 8.46. The van der Waals surface area contributed by atoms with Gasteiger partial charge in [-0.25, -0.2) is 0 Å². The highest BCUT2D eigenvalue weighted by Crippen LogP contribution is 2.40. The SMILES string of the molecule is CC(C)(O)C(C)(C)O[B]c1cccc2oc3cccc(-c4ccccc4-c4ccccc4)c3c12.